The van der Waals surface area contributed by atoms with Crippen LogP contribution >= 0.6 is 0 Å². The molecule has 0 radical (unpaired) electrons. The predicted molar refractivity (Wildman–Crippen MR) is 90.4 cm³/mol. The van der Waals surface area contributed by atoms with Gasteiger partial charge in [-0.25, -0.2) is 0 Å². The van der Waals surface area contributed by atoms with Crippen LogP contribution in [0.25, 0.3) is 6.08 Å². The molecule has 0 aromatic heterocycles. The molecule has 1 aromatic rings. The third-order valence-corrected chi connectivity index (χ3v) is 3.45. The average Bonchev–Trinajstić information content (AvgIpc) is 2.90. The zero-order valence-electron chi connectivity index (χ0n) is 13.1. The molecule has 5 nitrogen and oxygen atoms in total. The van der Waals surface area contributed by atoms with E-state index < -0.39 is 10.1 Å². The molecule has 1 aliphatic rings. The minimum absolute atomic E-state index is 0.732. The van der Waals surface area contributed by atoms with Gasteiger partial charge in [-0.3, -0.25) is 4.55 Å². The quantitative estimate of drug-likeness (QED) is 0.844. The van der Waals surface area contributed by atoms with Crippen LogP contribution in [0.5, 0.6) is 0 Å². The molecule has 0 saturated carbocycles. The third-order valence-electron chi connectivity index (χ3n) is 2.97. The van der Waals surface area contributed by atoms with Crippen molar-refractivity contribution in [3.05, 3.63) is 53.7 Å². The highest BCUT2D eigenvalue weighted by Gasteiger charge is 2.05. The van der Waals surface area contributed by atoms with Crippen LogP contribution in [0.15, 0.2) is 48.1 Å². The second kappa shape index (κ2) is 9.27. The first-order chi connectivity index (χ1) is 10.4. The van der Waals surface area contributed by atoms with E-state index >= 15 is 0 Å². The summed E-state index contributed by atoms with van der Waals surface area (Å²) in [7, 11) is -1.90. The van der Waals surface area contributed by atoms with Gasteiger partial charge in [-0.15, -0.1) is 0 Å². The summed E-state index contributed by atoms with van der Waals surface area (Å²) < 4.78 is 28.9. The Bertz CT molecular complexity index is 583. The van der Waals surface area contributed by atoms with Gasteiger partial charge in [0.2, 0.25) is 0 Å². The minimum atomic E-state index is -4.00. The average molecular weight is 324 g/mol. The molecule has 0 amide bonds. The predicted octanol–water partition coefficient (Wildman–Crippen LogP) is 3.01. The Morgan fingerprint density at radius 1 is 1.23 bits per heavy atom. The van der Waals surface area contributed by atoms with Crippen molar-refractivity contribution in [2.75, 3.05) is 20.3 Å². The van der Waals surface area contributed by atoms with Crippen LogP contribution in [0.3, 0.4) is 0 Å². The van der Waals surface area contributed by atoms with E-state index in [0.29, 0.717) is 0 Å². The van der Waals surface area contributed by atoms with Gasteiger partial charge < -0.3 is 9.80 Å². The lowest BCUT2D eigenvalue weighted by Gasteiger charge is -2.17. The molecule has 22 heavy (non-hydrogen) atoms. The van der Waals surface area contributed by atoms with Crippen LogP contribution < -0.4 is 0 Å². The highest BCUT2D eigenvalue weighted by atomic mass is 32.2. The standard InChI is InChI=1S/C8H16N2.C8H8O3S/c1-3-4-5-10-7-6-9(2)8-10;9-12(10,11)7-6-8-4-2-1-3-5-8/h6-7H,3-5,8H2,1-2H3;1-7H,(H,9,10,11). The lowest BCUT2D eigenvalue weighted by atomic mass is 10.2. The lowest BCUT2D eigenvalue weighted by molar-refractivity contribution is 0.293. The smallest absolute Gasteiger partial charge is 0.287 e. The van der Waals surface area contributed by atoms with Crippen LogP contribution in [0, 0.1) is 0 Å². The summed E-state index contributed by atoms with van der Waals surface area (Å²) in [5.41, 5.74) is 0.732. The Morgan fingerprint density at radius 2 is 1.91 bits per heavy atom. The van der Waals surface area contributed by atoms with Crippen molar-refractivity contribution in [3.63, 3.8) is 0 Å². The van der Waals surface area contributed by atoms with Crippen molar-refractivity contribution in [2.45, 2.75) is 19.8 Å². The molecular formula is C16H24N2O3S. The van der Waals surface area contributed by atoms with E-state index in [1.54, 1.807) is 24.3 Å². The van der Waals surface area contributed by atoms with Gasteiger partial charge in [-0.05, 0) is 18.1 Å². The van der Waals surface area contributed by atoms with Crippen LogP contribution in [0.4, 0.5) is 0 Å². The van der Waals surface area contributed by atoms with Crippen LogP contribution in [-0.2, 0) is 10.1 Å². The van der Waals surface area contributed by atoms with E-state index in [0.717, 1.165) is 17.6 Å². The molecule has 0 unspecified atom stereocenters. The monoisotopic (exact) mass is 324 g/mol. The van der Waals surface area contributed by atoms with Crippen LogP contribution in [0.1, 0.15) is 25.3 Å². The van der Waals surface area contributed by atoms with E-state index in [4.69, 9.17) is 4.55 Å². The van der Waals surface area contributed by atoms with Gasteiger partial charge in [0.15, 0.2) is 0 Å². The summed E-state index contributed by atoms with van der Waals surface area (Å²) in [5.74, 6) is 0. The van der Waals surface area contributed by atoms with E-state index in [9.17, 15) is 8.42 Å². The van der Waals surface area contributed by atoms with E-state index in [1.807, 2.05) is 6.07 Å². The first-order valence-corrected chi connectivity index (χ1v) is 8.74. The first kappa shape index (κ1) is 18.3. The van der Waals surface area contributed by atoms with Gasteiger partial charge >= 0.3 is 0 Å². The fraction of sp³-hybridized carbons (Fsp3) is 0.375. The number of unbranched alkanes of at least 4 members (excludes halogenated alkanes) is 1. The summed E-state index contributed by atoms with van der Waals surface area (Å²) in [5, 5.41) is 0.752. The van der Waals surface area contributed by atoms with Gasteiger partial charge in [0.05, 0.1) is 12.1 Å². The fourth-order valence-electron chi connectivity index (χ4n) is 1.82. The Kier molecular flexibility index (Phi) is 7.70. The van der Waals surface area contributed by atoms with E-state index in [1.165, 1.54) is 25.5 Å². The zero-order valence-corrected chi connectivity index (χ0v) is 13.9. The van der Waals surface area contributed by atoms with Gasteiger partial charge in [0.1, 0.15) is 0 Å². The number of benzene rings is 1. The molecule has 0 fully saturated rings. The second-order valence-corrected chi connectivity index (χ2v) is 6.39. The van der Waals surface area contributed by atoms with Crippen molar-refractivity contribution in [3.8, 4) is 0 Å². The van der Waals surface area contributed by atoms with E-state index in [2.05, 4.69) is 36.2 Å². The maximum absolute atomic E-state index is 10.3. The molecule has 1 heterocycles. The molecule has 0 atom stereocenters. The number of hydrogen-bond acceptors (Lipinski definition) is 4. The van der Waals surface area contributed by atoms with Gasteiger partial charge in [0, 0.05) is 26.0 Å². The molecule has 122 valence electrons. The topological polar surface area (TPSA) is 60.9 Å². The molecule has 1 aliphatic heterocycles. The van der Waals surface area contributed by atoms with Crippen molar-refractivity contribution in [1.82, 2.24) is 9.80 Å². The highest BCUT2D eigenvalue weighted by molar-refractivity contribution is 7.88. The summed E-state index contributed by atoms with van der Waals surface area (Å²) in [6, 6.07) is 8.86. The second-order valence-electron chi connectivity index (χ2n) is 5.09. The Balaban J connectivity index is 0.000000224. The minimum Gasteiger partial charge on any atom is -0.362 e. The molecule has 1 aromatic carbocycles. The maximum Gasteiger partial charge on any atom is 0.287 e. The molecule has 0 bridgehead atoms. The Hall–Kier alpha value is -1.79. The normalized spacial score (nSPS) is 14.3. The Morgan fingerprint density at radius 3 is 2.41 bits per heavy atom. The molecule has 0 spiro atoms. The van der Waals surface area contributed by atoms with Crippen LogP contribution in [0.2, 0.25) is 0 Å². The number of nitrogens with zero attached hydrogens (tertiary/aromatic N) is 2. The van der Waals surface area contributed by atoms with Crippen molar-refractivity contribution >= 4 is 16.2 Å². The van der Waals surface area contributed by atoms with Crippen molar-refractivity contribution < 1.29 is 13.0 Å². The maximum atomic E-state index is 10.3. The summed E-state index contributed by atoms with van der Waals surface area (Å²) in [4.78, 5) is 4.53. The largest absolute Gasteiger partial charge is 0.362 e. The SMILES string of the molecule is CCCCN1C=CN(C)C1.O=S(=O)(O)C=Cc1ccccc1. The van der Waals surface area contributed by atoms with Crippen molar-refractivity contribution in [2.24, 2.45) is 0 Å². The Labute approximate surface area is 133 Å². The zero-order chi connectivity index (χ0) is 16.4. The van der Waals surface area contributed by atoms with Crippen molar-refractivity contribution in [1.29, 1.82) is 0 Å². The molecule has 0 saturated heterocycles. The number of hydrogen-bond donors (Lipinski definition) is 1. The lowest BCUT2D eigenvalue weighted by Crippen LogP contribution is -2.23. The molecule has 6 heteroatoms. The first-order valence-electron chi connectivity index (χ1n) is 7.24. The van der Waals surface area contributed by atoms with Gasteiger partial charge in [-0.1, -0.05) is 43.7 Å². The fourth-order valence-corrected chi connectivity index (χ4v) is 2.15. The van der Waals surface area contributed by atoms with Gasteiger partial charge in [0.25, 0.3) is 10.1 Å². The van der Waals surface area contributed by atoms with Crippen LogP contribution in [-0.4, -0.2) is 43.0 Å². The molecule has 2 rings (SSSR count). The summed E-state index contributed by atoms with van der Waals surface area (Å²) in [6.07, 6.45) is 8.20. The molecule has 1 N–H and O–H groups in total. The highest BCUT2D eigenvalue weighted by Crippen LogP contribution is 2.04. The summed E-state index contributed by atoms with van der Waals surface area (Å²) >= 11 is 0. The third kappa shape index (κ3) is 8.49. The number of rotatable bonds is 5. The van der Waals surface area contributed by atoms with Gasteiger partial charge in [-0.2, -0.15) is 8.42 Å². The molecule has 0 aliphatic carbocycles. The summed E-state index contributed by atoms with van der Waals surface area (Å²) in [6.45, 7) is 4.50. The molecular weight excluding hydrogens is 300 g/mol. The van der Waals surface area contributed by atoms with E-state index in [-0.39, 0.29) is 0 Å².